The first-order chi connectivity index (χ1) is 13.1. The van der Waals surface area contributed by atoms with Gasteiger partial charge in [0, 0.05) is 12.7 Å². The molecular formula is C21H24O6. The quantitative estimate of drug-likeness (QED) is 0.358. The molecule has 2 rings (SSSR count). The molecule has 0 aromatic heterocycles. The highest BCUT2D eigenvalue weighted by molar-refractivity contribution is 6.06. The van der Waals surface area contributed by atoms with E-state index in [1.807, 2.05) is 18.2 Å². The molecule has 144 valence electrons. The SMILES string of the molecule is COc1cc(/C=C/C(=O)c2ccccc2)cc(OC)c1OCOC(C)OC. The first-order valence-corrected chi connectivity index (χ1v) is 8.39. The molecule has 0 amide bonds. The molecule has 6 heteroatoms. The second-order valence-corrected chi connectivity index (χ2v) is 5.55. The van der Waals surface area contributed by atoms with Gasteiger partial charge in [-0.05, 0) is 30.7 Å². The Morgan fingerprint density at radius 1 is 1.04 bits per heavy atom. The van der Waals surface area contributed by atoms with Crippen molar-refractivity contribution in [3.05, 3.63) is 59.7 Å². The molecule has 0 bridgehead atoms. The van der Waals surface area contributed by atoms with Crippen molar-refractivity contribution in [2.45, 2.75) is 13.2 Å². The molecule has 0 saturated carbocycles. The second kappa shape index (κ2) is 10.4. The van der Waals surface area contributed by atoms with Gasteiger partial charge in [-0.15, -0.1) is 0 Å². The van der Waals surface area contributed by atoms with Gasteiger partial charge < -0.3 is 23.7 Å². The highest BCUT2D eigenvalue weighted by Crippen LogP contribution is 2.39. The third-order valence-electron chi connectivity index (χ3n) is 3.81. The normalized spacial score (nSPS) is 12.0. The van der Waals surface area contributed by atoms with Crippen LogP contribution >= 0.6 is 0 Å². The van der Waals surface area contributed by atoms with Crippen molar-refractivity contribution in [3.63, 3.8) is 0 Å². The highest BCUT2D eigenvalue weighted by Gasteiger charge is 2.14. The van der Waals surface area contributed by atoms with Gasteiger partial charge in [0.15, 0.2) is 30.4 Å². The minimum Gasteiger partial charge on any atom is -0.493 e. The molecule has 6 nitrogen and oxygen atoms in total. The predicted molar refractivity (Wildman–Crippen MR) is 102 cm³/mol. The van der Waals surface area contributed by atoms with Crippen LogP contribution in [0.1, 0.15) is 22.8 Å². The Morgan fingerprint density at radius 2 is 1.67 bits per heavy atom. The number of ketones is 1. The Hall–Kier alpha value is -2.83. The lowest BCUT2D eigenvalue weighted by molar-refractivity contribution is -0.150. The van der Waals surface area contributed by atoms with Crippen molar-refractivity contribution in [2.75, 3.05) is 28.1 Å². The molecular weight excluding hydrogens is 348 g/mol. The fraction of sp³-hybridized carbons (Fsp3) is 0.286. The van der Waals surface area contributed by atoms with Crippen molar-refractivity contribution in [1.82, 2.24) is 0 Å². The molecule has 0 aliphatic carbocycles. The molecule has 0 aliphatic rings. The molecule has 2 aromatic carbocycles. The van der Waals surface area contributed by atoms with Crippen LogP contribution in [0.5, 0.6) is 17.2 Å². The molecule has 0 aliphatic heterocycles. The van der Waals surface area contributed by atoms with Gasteiger partial charge in [0.1, 0.15) is 0 Å². The number of carbonyl (C=O) groups is 1. The summed E-state index contributed by atoms with van der Waals surface area (Å²) in [5.41, 5.74) is 1.36. The molecule has 0 saturated heterocycles. The Kier molecular flexibility index (Phi) is 7.85. The van der Waals surface area contributed by atoms with Crippen molar-refractivity contribution < 1.29 is 28.5 Å². The van der Waals surface area contributed by atoms with E-state index in [1.54, 1.807) is 44.4 Å². The Balaban J connectivity index is 2.18. The van der Waals surface area contributed by atoms with E-state index in [4.69, 9.17) is 23.7 Å². The number of rotatable bonds is 10. The van der Waals surface area contributed by atoms with E-state index in [0.717, 1.165) is 5.56 Å². The van der Waals surface area contributed by atoms with E-state index in [1.165, 1.54) is 20.3 Å². The predicted octanol–water partition coefficient (Wildman–Crippen LogP) is 3.95. The maximum atomic E-state index is 12.2. The lowest BCUT2D eigenvalue weighted by atomic mass is 10.1. The summed E-state index contributed by atoms with van der Waals surface area (Å²) in [4.78, 5) is 12.2. The standard InChI is InChI=1S/C21H24O6/c1-15(23-2)26-14-27-21-19(24-3)12-16(13-20(21)25-4)10-11-18(22)17-8-6-5-7-9-17/h5-13,15H,14H2,1-4H3/b11-10+. The van der Waals surface area contributed by atoms with Gasteiger partial charge in [0.25, 0.3) is 0 Å². The smallest absolute Gasteiger partial charge is 0.206 e. The Morgan fingerprint density at radius 3 is 2.22 bits per heavy atom. The van der Waals surface area contributed by atoms with Crippen LogP contribution in [0.25, 0.3) is 6.08 Å². The molecule has 0 N–H and O–H groups in total. The summed E-state index contributed by atoms with van der Waals surface area (Å²) in [6.45, 7) is 1.73. The van der Waals surface area contributed by atoms with Gasteiger partial charge >= 0.3 is 0 Å². The average molecular weight is 372 g/mol. The number of benzene rings is 2. The molecule has 2 aromatic rings. The minimum atomic E-state index is -0.395. The Labute approximate surface area is 159 Å². The monoisotopic (exact) mass is 372 g/mol. The third kappa shape index (κ3) is 5.84. The molecule has 1 atom stereocenters. The maximum absolute atomic E-state index is 12.2. The number of allylic oxidation sites excluding steroid dienone is 1. The van der Waals surface area contributed by atoms with Gasteiger partial charge in [0.05, 0.1) is 14.2 Å². The highest BCUT2D eigenvalue weighted by atomic mass is 16.7. The molecule has 0 radical (unpaired) electrons. The molecule has 0 fully saturated rings. The molecule has 0 spiro atoms. The van der Waals surface area contributed by atoms with E-state index in [0.29, 0.717) is 22.8 Å². The summed E-state index contributed by atoms with van der Waals surface area (Å²) in [5.74, 6) is 1.26. The number of ether oxygens (including phenoxy) is 5. The molecule has 1 unspecified atom stereocenters. The van der Waals surface area contributed by atoms with Gasteiger partial charge in [-0.3, -0.25) is 4.79 Å². The maximum Gasteiger partial charge on any atom is 0.206 e. The van der Waals surface area contributed by atoms with E-state index in [9.17, 15) is 4.79 Å². The number of hydrogen-bond acceptors (Lipinski definition) is 6. The summed E-state index contributed by atoms with van der Waals surface area (Å²) in [6.07, 6.45) is 2.81. The van der Waals surface area contributed by atoms with Crippen LogP contribution in [-0.2, 0) is 9.47 Å². The fourth-order valence-electron chi connectivity index (χ4n) is 2.27. The van der Waals surface area contributed by atoms with Gasteiger partial charge in [-0.2, -0.15) is 0 Å². The van der Waals surface area contributed by atoms with E-state index in [-0.39, 0.29) is 12.6 Å². The summed E-state index contributed by atoms with van der Waals surface area (Å²) in [6, 6.07) is 12.6. The lowest BCUT2D eigenvalue weighted by Crippen LogP contribution is -2.15. The zero-order valence-electron chi connectivity index (χ0n) is 15.9. The van der Waals surface area contributed by atoms with Crippen molar-refractivity contribution >= 4 is 11.9 Å². The molecule has 27 heavy (non-hydrogen) atoms. The van der Waals surface area contributed by atoms with Crippen LogP contribution in [0.3, 0.4) is 0 Å². The zero-order chi connectivity index (χ0) is 19.6. The fourth-order valence-corrected chi connectivity index (χ4v) is 2.27. The summed E-state index contributed by atoms with van der Waals surface area (Å²) in [5, 5.41) is 0. The van der Waals surface area contributed by atoms with Crippen LogP contribution in [0.15, 0.2) is 48.5 Å². The number of methoxy groups -OCH3 is 3. The Bertz CT molecular complexity index is 744. The summed E-state index contributed by atoms with van der Waals surface area (Å²) < 4.78 is 26.8. The molecule has 0 heterocycles. The first-order valence-electron chi connectivity index (χ1n) is 8.39. The van der Waals surface area contributed by atoms with Crippen LogP contribution < -0.4 is 14.2 Å². The minimum absolute atomic E-state index is 0.0244. The average Bonchev–Trinajstić information content (AvgIpc) is 2.72. The second-order valence-electron chi connectivity index (χ2n) is 5.55. The summed E-state index contributed by atoms with van der Waals surface area (Å²) in [7, 11) is 4.61. The largest absolute Gasteiger partial charge is 0.493 e. The van der Waals surface area contributed by atoms with Crippen molar-refractivity contribution in [3.8, 4) is 17.2 Å². The van der Waals surface area contributed by atoms with Crippen molar-refractivity contribution in [2.24, 2.45) is 0 Å². The summed E-state index contributed by atoms with van der Waals surface area (Å²) >= 11 is 0. The van der Waals surface area contributed by atoms with Gasteiger partial charge in [0.2, 0.25) is 5.75 Å². The van der Waals surface area contributed by atoms with Crippen LogP contribution in [-0.4, -0.2) is 40.2 Å². The van der Waals surface area contributed by atoms with Crippen LogP contribution in [0.2, 0.25) is 0 Å². The number of hydrogen-bond donors (Lipinski definition) is 0. The van der Waals surface area contributed by atoms with E-state index in [2.05, 4.69) is 0 Å². The van der Waals surface area contributed by atoms with Gasteiger partial charge in [-0.1, -0.05) is 36.4 Å². The van der Waals surface area contributed by atoms with E-state index >= 15 is 0 Å². The van der Waals surface area contributed by atoms with E-state index < -0.39 is 6.29 Å². The first kappa shape index (κ1) is 20.5. The lowest BCUT2D eigenvalue weighted by Gasteiger charge is -2.17. The van der Waals surface area contributed by atoms with Gasteiger partial charge in [-0.25, -0.2) is 0 Å². The zero-order valence-corrected chi connectivity index (χ0v) is 15.9. The number of carbonyl (C=O) groups excluding carboxylic acids is 1. The van der Waals surface area contributed by atoms with Crippen LogP contribution in [0, 0.1) is 0 Å². The topological polar surface area (TPSA) is 63.2 Å². The van der Waals surface area contributed by atoms with Crippen LogP contribution in [0.4, 0.5) is 0 Å². The third-order valence-corrected chi connectivity index (χ3v) is 3.81. The van der Waals surface area contributed by atoms with Crippen molar-refractivity contribution in [1.29, 1.82) is 0 Å².